The van der Waals surface area contributed by atoms with Crippen molar-refractivity contribution in [1.29, 1.82) is 0 Å². The summed E-state index contributed by atoms with van der Waals surface area (Å²) >= 11 is 0. The van der Waals surface area contributed by atoms with Crippen LogP contribution in [0.25, 0.3) is 0 Å². The molecular weight excluding hydrogens is 142 g/mol. The number of likely N-dealkylation sites (N-methyl/N-ethyl adjacent to an activating group) is 1. The standard InChI is InChI=1S/C8H13NO2/c1-9(2)6-4-3-5-7(9)8(10)11/h3-4,7H,5-6H2,1-2H3. The van der Waals surface area contributed by atoms with E-state index in [0.717, 1.165) is 6.54 Å². The Balaban J connectivity index is 2.78. The second kappa shape index (κ2) is 2.66. The highest BCUT2D eigenvalue weighted by Crippen LogP contribution is 2.15. The first-order valence-corrected chi connectivity index (χ1v) is 3.72. The van der Waals surface area contributed by atoms with Crippen LogP contribution in [0.3, 0.4) is 0 Å². The van der Waals surface area contributed by atoms with Crippen molar-refractivity contribution in [3.63, 3.8) is 0 Å². The van der Waals surface area contributed by atoms with Crippen LogP contribution in [0, 0.1) is 0 Å². The fraction of sp³-hybridized carbons (Fsp3) is 0.625. The molecule has 0 amide bonds. The van der Waals surface area contributed by atoms with Gasteiger partial charge < -0.3 is 14.4 Å². The molecule has 0 aromatic rings. The summed E-state index contributed by atoms with van der Waals surface area (Å²) in [6.07, 6.45) is 4.51. The van der Waals surface area contributed by atoms with Crippen LogP contribution in [0.2, 0.25) is 0 Å². The third kappa shape index (κ3) is 1.60. The average molecular weight is 155 g/mol. The van der Waals surface area contributed by atoms with Crippen LogP contribution in [-0.4, -0.2) is 37.1 Å². The maximum absolute atomic E-state index is 10.6. The van der Waals surface area contributed by atoms with E-state index in [2.05, 4.69) is 0 Å². The normalized spacial score (nSPS) is 28.4. The second-order valence-corrected chi connectivity index (χ2v) is 3.50. The van der Waals surface area contributed by atoms with Crippen molar-refractivity contribution >= 4 is 5.97 Å². The molecule has 1 unspecified atom stereocenters. The molecule has 1 aliphatic rings. The first kappa shape index (κ1) is 8.27. The Hall–Kier alpha value is -0.830. The van der Waals surface area contributed by atoms with E-state index in [1.165, 1.54) is 0 Å². The first-order valence-electron chi connectivity index (χ1n) is 3.72. The average Bonchev–Trinajstić information content (AvgIpc) is 1.85. The number of carboxylic acid groups (broad SMARTS) is 1. The zero-order chi connectivity index (χ0) is 8.48. The van der Waals surface area contributed by atoms with Gasteiger partial charge in [0.05, 0.1) is 26.6 Å². The van der Waals surface area contributed by atoms with Crippen molar-refractivity contribution in [3.8, 4) is 0 Å². The Morgan fingerprint density at radius 1 is 1.55 bits per heavy atom. The molecule has 0 saturated carbocycles. The Morgan fingerprint density at radius 3 is 2.55 bits per heavy atom. The molecule has 0 saturated heterocycles. The Labute approximate surface area is 66.5 Å². The molecule has 0 aromatic heterocycles. The van der Waals surface area contributed by atoms with Crippen LogP contribution in [0.5, 0.6) is 0 Å². The number of carboxylic acids is 1. The van der Waals surface area contributed by atoms with Crippen LogP contribution >= 0.6 is 0 Å². The lowest BCUT2D eigenvalue weighted by Gasteiger charge is -2.39. The summed E-state index contributed by atoms with van der Waals surface area (Å²) in [6.45, 7) is 0.776. The number of aliphatic carboxylic acids is 1. The minimum absolute atomic E-state index is 0.375. The molecule has 1 aliphatic heterocycles. The molecule has 62 valence electrons. The fourth-order valence-electron chi connectivity index (χ4n) is 1.37. The van der Waals surface area contributed by atoms with E-state index in [0.29, 0.717) is 10.9 Å². The van der Waals surface area contributed by atoms with Gasteiger partial charge in [0.2, 0.25) is 0 Å². The number of hydrogen-bond donors (Lipinski definition) is 0. The van der Waals surface area contributed by atoms with Crippen LogP contribution in [0.15, 0.2) is 12.2 Å². The van der Waals surface area contributed by atoms with Gasteiger partial charge in [-0.3, -0.25) is 0 Å². The van der Waals surface area contributed by atoms with Crippen molar-refractivity contribution in [2.75, 3.05) is 20.6 Å². The smallest absolute Gasteiger partial charge is 0.132 e. The quantitative estimate of drug-likeness (QED) is 0.365. The Morgan fingerprint density at radius 2 is 2.18 bits per heavy atom. The van der Waals surface area contributed by atoms with Crippen molar-refractivity contribution < 1.29 is 14.4 Å². The van der Waals surface area contributed by atoms with Gasteiger partial charge in [-0.25, -0.2) is 0 Å². The molecule has 0 N–H and O–H groups in total. The molecule has 0 bridgehead atoms. The highest BCUT2D eigenvalue weighted by molar-refractivity contribution is 5.70. The Kier molecular flexibility index (Phi) is 2.00. The molecule has 0 aliphatic carbocycles. The van der Waals surface area contributed by atoms with Gasteiger partial charge in [0.15, 0.2) is 0 Å². The maximum atomic E-state index is 10.6. The summed E-state index contributed by atoms with van der Waals surface area (Å²) in [6, 6.07) is -0.375. The van der Waals surface area contributed by atoms with Gasteiger partial charge in [-0.05, 0) is 6.08 Å². The van der Waals surface area contributed by atoms with Crippen molar-refractivity contribution in [2.45, 2.75) is 12.5 Å². The largest absolute Gasteiger partial charge is 0.544 e. The number of quaternary nitrogens is 1. The van der Waals surface area contributed by atoms with Crippen LogP contribution < -0.4 is 5.11 Å². The highest BCUT2D eigenvalue weighted by atomic mass is 16.4. The fourth-order valence-corrected chi connectivity index (χ4v) is 1.37. The lowest BCUT2D eigenvalue weighted by molar-refractivity contribution is -0.904. The minimum atomic E-state index is -0.945. The molecular formula is C8H13NO2. The highest BCUT2D eigenvalue weighted by Gasteiger charge is 2.29. The lowest BCUT2D eigenvalue weighted by Crippen LogP contribution is -2.58. The summed E-state index contributed by atoms with van der Waals surface area (Å²) in [4.78, 5) is 10.6. The van der Waals surface area contributed by atoms with Crippen molar-refractivity contribution in [3.05, 3.63) is 12.2 Å². The molecule has 11 heavy (non-hydrogen) atoms. The summed E-state index contributed by atoms with van der Waals surface area (Å²) < 4.78 is 0.499. The molecule has 1 rings (SSSR count). The van der Waals surface area contributed by atoms with Gasteiger partial charge in [-0.2, -0.15) is 0 Å². The lowest BCUT2D eigenvalue weighted by atomic mass is 10.1. The number of rotatable bonds is 1. The van der Waals surface area contributed by atoms with Gasteiger partial charge in [0.1, 0.15) is 6.04 Å². The predicted octanol–water partition coefficient (Wildman–Crippen LogP) is -0.859. The molecule has 3 heteroatoms. The van der Waals surface area contributed by atoms with E-state index in [4.69, 9.17) is 0 Å². The van der Waals surface area contributed by atoms with Gasteiger partial charge in [-0.15, -0.1) is 0 Å². The predicted molar refractivity (Wildman–Crippen MR) is 39.5 cm³/mol. The summed E-state index contributed by atoms with van der Waals surface area (Å²) in [5, 5.41) is 10.6. The van der Waals surface area contributed by atoms with Crippen LogP contribution in [0.4, 0.5) is 0 Å². The zero-order valence-corrected chi connectivity index (χ0v) is 6.91. The minimum Gasteiger partial charge on any atom is -0.544 e. The maximum Gasteiger partial charge on any atom is 0.132 e. The molecule has 0 spiro atoms. The van der Waals surface area contributed by atoms with Crippen LogP contribution in [0.1, 0.15) is 6.42 Å². The van der Waals surface area contributed by atoms with Crippen LogP contribution in [-0.2, 0) is 4.79 Å². The molecule has 3 nitrogen and oxygen atoms in total. The molecule has 0 aromatic carbocycles. The zero-order valence-electron chi connectivity index (χ0n) is 6.91. The van der Waals surface area contributed by atoms with Gasteiger partial charge >= 0.3 is 0 Å². The van der Waals surface area contributed by atoms with E-state index < -0.39 is 5.97 Å². The summed E-state index contributed by atoms with van der Waals surface area (Å²) in [5.41, 5.74) is 0. The third-order valence-electron chi connectivity index (χ3n) is 2.22. The number of hydrogen-bond acceptors (Lipinski definition) is 2. The van der Waals surface area contributed by atoms with E-state index in [1.807, 2.05) is 26.2 Å². The molecule has 1 heterocycles. The second-order valence-electron chi connectivity index (χ2n) is 3.50. The summed E-state index contributed by atoms with van der Waals surface area (Å²) in [5.74, 6) is -0.945. The van der Waals surface area contributed by atoms with E-state index in [1.54, 1.807) is 0 Å². The third-order valence-corrected chi connectivity index (χ3v) is 2.22. The van der Waals surface area contributed by atoms with Crippen molar-refractivity contribution in [1.82, 2.24) is 0 Å². The first-order chi connectivity index (χ1) is 5.04. The molecule has 0 radical (unpaired) electrons. The van der Waals surface area contributed by atoms with Crippen molar-refractivity contribution in [2.24, 2.45) is 0 Å². The number of carbonyl (C=O) groups is 1. The van der Waals surface area contributed by atoms with E-state index in [9.17, 15) is 9.90 Å². The van der Waals surface area contributed by atoms with E-state index in [-0.39, 0.29) is 6.04 Å². The monoisotopic (exact) mass is 155 g/mol. The molecule has 0 fully saturated rings. The number of carbonyl (C=O) groups excluding carboxylic acids is 1. The SMILES string of the molecule is C[N+]1(C)CC=CCC1C(=O)[O-]. The van der Waals surface area contributed by atoms with Gasteiger partial charge in [0.25, 0.3) is 0 Å². The summed E-state index contributed by atoms with van der Waals surface area (Å²) in [7, 11) is 3.81. The van der Waals surface area contributed by atoms with E-state index >= 15 is 0 Å². The Bertz CT molecular complexity index is 196. The van der Waals surface area contributed by atoms with Gasteiger partial charge in [-0.1, -0.05) is 6.08 Å². The number of nitrogens with zero attached hydrogens (tertiary/aromatic N) is 1. The topological polar surface area (TPSA) is 40.1 Å². The molecule has 1 atom stereocenters. The van der Waals surface area contributed by atoms with Gasteiger partial charge in [0, 0.05) is 6.42 Å².